The molecule has 28 heavy (non-hydrogen) atoms. The van der Waals surface area contributed by atoms with Gasteiger partial charge in [-0.3, -0.25) is 4.79 Å². The third-order valence-electron chi connectivity index (χ3n) is 4.50. The van der Waals surface area contributed by atoms with E-state index >= 15 is 0 Å². The van der Waals surface area contributed by atoms with Gasteiger partial charge < -0.3 is 9.64 Å². The molecule has 144 valence electrons. The largest absolute Gasteiger partial charge is 0.472 e. The first-order valence-electron chi connectivity index (χ1n) is 9.02. The van der Waals surface area contributed by atoms with Gasteiger partial charge in [0.25, 0.3) is 5.91 Å². The van der Waals surface area contributed by atoms with E-state index in [1.54, 1.807) is 35.6 Å². The summed E-state index contributed by atoms with van der Waals surface area (Å²) in [5, 5.41) is 8.82. The van der Waals surface area contributed by atoms with Crippen molar-refractivity contribution in [3.05, 3.63) is 59.3 Å². The van der Waals surface area contributed by atoms with Gasteiger partial charge in [0, 0.05) is 24.5 Å². The lowest BCUT2D eigenvalue weighted by molar-refractivity contribution is 0.0522. The molecular weight excluding hydrogens is 380 g/mol. The number of carbonyl (C=O) groups is 1. The molecule has 8 nitrogen and oxygen atoms in total. The van der Waals surface area contributed by atoms with Crippen molar-refractivity contribution in [2.75, 3.05) is 13.1 Å². The maximum atomic E-state index is 13.2. The monoisotopic (exact) mass is 398 g/mol. The van der Waals surface area contributed by atoms with Crippen molar-refractivity contribution in [3.63, 3.8) is 0 Å². The molecule has 1 atom stereocenters. The molecule has 3 aromatic rings. The first-order chi connectivity index (χ1) is 13.6. The first kappa shape index (κ1) is 18.4. The number of rotatable bonds is 4. The summed E-state index contributed by atoms with van der Waals surface area (Å²) in [6.07, 6.45) is 6.23. The van der Waals surface area contributed by atoms with E-state index < -0.39 is 0 Å². The summed E-state index contributed by atoms with van der Waals surface area (Å²) in [6.45, 7) is 2.96. The van der Waals surface area contributed by atoms with Crippen molar-refractivity contribution in [1.29, 1.82) is 0 Å². The van der Waals surface area contributed by atoms with Crippen LogP contribution in [-0.2, 0) is 0 Å². The van der Waals surface area contributed by atoms with Crippen LogP contribution < -0.4 is 4.74 Å². The molecule has 1 aliphatic heterocycles. The Labute approximate surface area is 167 Å². The van der Waals surface area contributed by atoms with Crippen LogP contribution in [0, 0.1) is 6.92 Å². The number of piperidine rings is 1. The van der Waals surface area contributed by atoms with E-state index in [0.717, 1.165) is 18.5 Å². The number of aromatic nitrogens is 5. The third kappa shape index (κ3) is 3.96. The number of hydrogen-bond acceptors (Lipinski definition) is 6. The van der Waals surface area contributed by atoms with Crippen LogP contribution in [0.25, 0.3) is 5.69 Å². The Morgan fingerprint density at radius 2 is 2.04 bits per heavy atom. The Morgan fingerprint density at radius 3 is 2.79 bits per heavy atom. The van der Waals surface area contributed by atoms with Crippen molar-refractivity contribution in [2.45, 2.75) is 25.9 Å². The number of carbonyl (C=O) groups excluding carboxylic acids is 1. The molecule has 0 aliphatic carbocycles. The van der Waals surface area contributed by atoms with Crippen molar-refractivity contribution < 1.29 is 9.53 Å². The van der Waals surface area contributed by atoms with E-state index in [2.05, 4.69) is 20.2 Å². The number of hydrogen-bond donors (Lipinski definition) is 0. The normalized spacial score (nSPS) is 16.8. The second-order valence-electron chi connectivity index (χ2n) is 6.59. The van der Waals surface area contributed by atoms with Gasteiger partial charge in [-0.2, -0.15) is 10.2 Å². The standard InChI is InChI=1S/C19H19ClN6O2/c1-13-4-6-16(26-22-8-9-23-26)18(24-13)19(27)25-10-2-3-15(12-25)28-17-7-5-14(20)11-21-17/h4-9,11,15H,2-3,10,12H2,1H3. The van der Waals surface area contributed by atoms with Crippen LogP contribution in [0.3, 0.4) is 0 Å². The first-order valence-corrected chi connectivity index (χ1v) is 9.40. The van der Waals surface area contributed by atoms with Crippen LogP contribution in [-0.4, -0.2) is 55.0 Å². The average Bonchev–Trinajstić information content (AvgIpc) is 3.24. The van der Waals surface area contributed by atoms with Crippen LogP contribution in [0.15, 0.2) is 42.9 Å². The fourth-order valence-electron chi connectivity index (χ4n) is 3.18. The highest BCUT2D eigenvalue weighted by molar-refractivity contribution is 6.30. The number of amides is 1. The van der Waals surface area contributed by atoms with Gasteiger partial charge in [0.05, 0.1) is 24.0 Å². The summed E-state index contributed by atoms with van der Waals surface area (Å²) in [5.74, 6) is 0.340. The number of likely N-dealkylation sites (tertiary alicyclic amines) is 1. The second kappa shape index (κ2) is 7.93. The van der Waals surface area contributed by atoms with Gasteiger partial charge in [-0.25, -0.2) is 9.97 Å². The van der Waals surface area contributed by atoms with Crippen LogP contribution in [0.5, 0.6) is 5.88 Å². The summed E-state index contributed by atoms with van der Waals surface area (Å²) in [7, 11) is 0. The predicted molar refractivity (Wildman–Crippen MR) is 103 cm³/mol. The number of nitrogens with zero attached hydrogens (tertiary/aromatic N) is 6. The second-order valence-corrected chi connectivity index (χ2v) is 7.02. The summed E-state index contributed by atoms with van der Waals surface area (Å²) < 4.78 is 5.94. The number of pyridine rings is 2. The van der Waals surface area contributed by atoms with E-state index in [1.807, 2.05) is 19.1 Å². The van der Waals surface area contributed by atoms with Gasteiger partial charge in [-0.05, 0) is 38.0 Å². The quantitative estimate of drug-likeness (QED) is 0.671. The maximum absolute atomic E-state index is 13.2. The number of halogens is 1. The molecule has 1 unspecified atom stereocenters. The van der Waals surface area contributed by atoms with E-state index in [9.17, 15) is 4.79 Å². The molecule has 1 fully saturated rings. The molecule has 1 amide bonds. The highest BCUT2D eigenvalue weighted by Gasteiger charge is 2.28. The zero-order chi connectivity index (χ0) is 19.5. The van der Waals surface area contributed by atoms with Crippen LogP contribution in [0.4, 0.5) is 0 Å². The molecule has 0 N–H and O–H groups in total. The topological polar surface area (TPSA) is 86.0 Å². The van der Waals surface area contributed by atoms with Gasteiger partial charge in [-0.15, -0.1) is 4.80 Å². The Kier molecular flexibility index (Phi) is 5.21. The fourth-order valence-corrected chi connectivity index (χ4v) is 3.29. The minimum atomic E-state index is -0.159. The van der Waals surface area contributed by atoms with E-state index in [4.69, 9.17) is 16.3 Å². The molecule has 4 heterocycles. The average molecular weight is 399 g/mol. The molecule has 0 bridgehead atoms. The van der Waals surface area contributed by atoms with E-state index in [0.29, 0.717) is 35.4 Å². The molecule has 1 saturated heterocycles. The highest BCUT2D eigenvalue weighted by atomic mass is 35.5. The minimum absolute atomic E-state index is 0.137. The lowest BCUT2D eigenvalue weighted by Gasteiger charge is -2.32. The van der Waals surface area contributed by atoms with Crippen molar-refractivity contribution in [1.82, 2.24) is 29.9 Å². The molecule has 0 saturated carbocycles. The molecule has 0 aromatic carbocycles. The van der Waals surface area contributed by atoms with E-state index in [-0.39, 0.29) is 12.0 Å². The minimum Gasteiger partial charge on any atom is -0.472 e. The summed E-state index contributed by atoms with van der Waals surface area (Å²) >= 11 is 5.87. The summed E-state index contributed by atoms with van der Waals surface area (Å²) in [6, 6.07) is 7.11. The van der Waals surface area contributed by atoms with Gasteiger partial charge in [0.2, 0.25) is 5.88 Å². The van der Waals surface area contributed by atoms with Crippen molar-refractivity contribution >= 4 is 17.5 Å². The molecular formula is C19H19ClN6O2. The van der Waals surface area contributed by atoms with Gasteiger partial charge in [-0.1, -0.05) is 11.6 Å². The Bertz CT molecular complexity index is 961. The van der Waals surface area contributed by atoms with Gasteiger partial charge in [0.15, 0.2) is 5.69 Å². The summed E-state index contributed by atoms with van der Waals surface area (Å²) in [4.78, 5) is 25.0. The van der Waals surface area contributed by atoms with Gasteiger partial charge in [0.1, 0.15) is 11.8 Å². The Hall–Kier alpha value is -3.00. The Morgan fingerprint density at radius 1 is 1.21 bits per heavy atom. The molecule has 4 rings (SSSR count). The van der Waals surface area contributed by atoms with Gasteiger partial charge >= 0.3 is 0 Å². The zero-order valence-electron chi connectivity index (χ0n) is 15.3. The van der Waals surface area contributed by atoms with Crippen LogP contribution in [0.2, 0.25) is 5.02 Å². The summed E-state index contributed by atoms with van der Waals surface area (Å²) in [5.41, 5.74) is 1.65. The lowest BCUT2D eigenvalue weighted by Crippen LogP contribution is -2.45. The van der Waals surface area contributed by atoms with Crippen LogP contribution >= 0.6 is 11.6 Å². The SMILES string of the molecule is Cc1ccc(-n2nccn2)c(C(=O)N2CCCC(Oc3ccc(Cl)cn3)C2)n1. The lowest BCUT2D eigenvalue weighted by atomic mass is 10.1. The molecule has 9 heteroatoms. The molecule has 0 radical (unpaired) electrons. The van der Waals surface area contributed by atoms with E-state index in [1.165, 1.54) is 4.80 Å². The highest BCUT2D eigenvalue weighted by Crippen LogP contribution is 2.21. The predicted octanol–water partition coefficient (Wildman–Crippen LogP) is 2.70. The third-order valence-corrected chi connectivity index (χ3v) is 4.73. The number of aryl methyl sites for hydroxylation is 1. The molecule has 0 spiro atoms. The Balaban J connectivity index is 1.53. The van der Waals surface area contributed by atoms with Crippen molar-refractivity contribution in [3.8, 4) is 11.6 Å². The molecule has 3 aromatic heterocycles. The molecule has 1 aliphatic rings. The fraction of sp³-hybridized carbons (Fsp3) is 0.316. The maximum Gasteiger partial charge on any atom is 0.274 e. The zero-order valence-corrected chi connectivity index (χ0v) is 16.1. The van der Waals surface area contributed by atoms with Crippen LogP contribution in [0.1, 0.15) is 29.0 Å². The number of ether oxygens (including phenoxy) is 1. The van der Waals surface area contributed by atoms with Crippen molar-refractivity contribution in [2.24, 2.45) is 0 Å². The smallest absolute Gasteiger partial charge is 0.274 e.